The van der Waals surface area contributed by atoms with E-state index in [1.165, 1.54) is 12.1 Å². The molecule has 0 radical (unpaired) electrons. The second-order valence-corrected chi connectivity index (χ2v) is 10.6. The lowest BCUT2D eigenvalue weighted by Crippen LogP contribution is -2.39. The molecule has 4 aromatic rings. The van der Waals surface area contributed by atoms with E-state index < -0.39 is 20.7 Å². The molecule has 0 amide bonds. The van der Waals surface area contributed by atoms with Gasteiger partial charge in [-0.25, -0.2) is 22.8 Å². The number of ether oxygens (including phenoxy) is 1. The summed E-state index contributed by atoms with van der Waals surface area (Å²) >= 11 is 5.74. The van der Waals surface area contributed by atoms with Gasteiger partial charge in [0.05, 0.1) is 29.3 Å². The first-order valence-electron chi connectivity index (χ1n) is 11.7. The molecule has 5 rings (SSSR count). The van der Waals surface area contributed by atoms with Crippen molar-refractivity contribution >= 4 is 44.2 Å². The van der Waals surface area contributed by atoms with Crippen molar-refractivity contribution in [3.8, 4) is 11.4 Å². The number of aromatic nitrogens is 4. The monoisotopic (exact) mass is 545 g/mol. The zero-order valence-corrected chi connectivity index (χ0v) is 21.5. The molecule has 13 heteroatoms. The van der Waals surface area contributed by atoms with E-state index in [9.17, 15) is 12.8 Å². The van der Waals surface area contributed by atoms with Crippen molar-refractivity contribution in [1.29, 1.82) is 0 Å². The van der Waals surface area contributed by atoms with Crippen LogP contribution in [0.1, 0.15) is 5.69 Å². The Hall–Kier alpha value is -3.32. The molecular formula is C24H25ClFN7O3S. The normalized spacial score (nSPS) is 14.7. The molecule has 0 bridgehead atoms. The van der Waals surface area contributed by atoms with Crippen molar-refractivity contribution in [2.45, 2.75) is 11.8 Å². The van der Waals surface area contributed by atoms with Gasteiger partial charge in [0.25, 0.3) is 10.0 Å². The van der Waals surface area contributed by atoms with Crippen LogP contribution in [0.3, 0.4) is 0 Å². The van der Waals surface area contributed by atoms with Crippen LogP contribution in [0.2, 0.25) is 5.02 Å². The van der Waals surface area contributed by atoms with Crippen LogP contribution in [0, 0.1) is 12.7 Å². The maximum absolute atomic E-state index is 14.3. The summed E-state index contributed by atoms with van der Waals surface area (Å²) < 4.78 is 47.4. The number of morpholine rings is 1. The lowest BCUT2D eigenvalue weighted by atomic mass is 10.2. The number of sulfonamides is 1. The first-order chi connectivity index (χ1) is 17.8. The number of benzene rings is 2. The molecule has 0 aliphatic carbocycles. The van der Waals surface area contributed by atoms with Gasteiger partial charge in [0.15, 0.2) is 17.3 Å². The molecule has 2 aromatic heterocycles. The van der Waals surface area contributed by atoms with E-state index in [2.05, 4.69) is 30.1 Å². The van der Waals surface area contributed by atoms with Gasteiger partial charge in [0.2, 0.25) is 0 Å². The molecule has 1 aliphatic heterocycles. The number of fused-ring (bicyclic) bond motifs is 1. The quantitative estimate of drug-likeness (QED) is 0.306. The average molecular weight is 546 g/mol. The minimum Gasteiger partial charge on any atom is -0.379 e. The third-order valence-corrected chi connectivity index (χ3v) is 7.72. The van der Waals surface area contributed by atoms with Crippen LogP contribution in [0.15, 0.2) is 47.4 Å². The first-order valence-corrected chi connectivity index (χ1v) is 13.5. The molecule has 194 valence electrons. The number of rotatable bonds is 8. The van der Waals surface area contributed by atoms with Gasteiger partial charge in [-0.1, -0.05) is 17.7 Å². The third-order valence-electron chi connectivity index (χ3n) is 6.03. The van der Waals surface area contributed by atoms with E-state index in [0.29, 0.717) is 29.4 Å². The molecule has 3 heterocycles. The van der Waals surface area contributed by atoms with Crippen molar-refractivity contribution in [2.75, 3.05) is 49.4 Å². The summed E-state index contributed by atoms with van der Waals surface area (Å²) in [5.41, 5.74) is 2.30. The number of hydrogen-bond donors (Lipinski definition) is 3. The molecule has 1 saturated heterocycles. The van der Waals surface area contributed by atoms with E-state index in [1.807, 2.05) is 6.92 Å². The van der Waals surface area contributed by atoms with Crippen molar-refractivity contribution in [3.63, 3.8) is 0 Å². The Bertz CT molecular complexity index is 1520. The van der Waals surface area contributed by atoms with Crippen LogP contribution in [-0.4, -0.2) is 72.9 Å². The fraction of sp³-hybridized carbons (Fsp3) is 0.292. The lowest BCUT2D eigenvalue weighted by Gasteiger charge is -2.26. The number of aromatic amines is 1. The summed E-state index contributed by atoms with van der Waals surface area (Å²) in [5.74, 6) is 0.111. The third kappa shape index (κ3) is 5.52. The maximum Gasteiger partial charge on any atom is 0.264 e. The Morgan fingerprint density at radius 3 is 2.65 bits per heavy atom. The standard InChI is InChI=1S/C24H25ClFN7O3S/c1-15-20-23(27-9-10-33-11-13-36-14-12-33)28-22(29-24(20)31-30-15)16-5-7-17(8-6-16)32-37(34,35)19-4-2-3-18(25)21(19)26/h2-8,32H,9-14H2,1H3,(H2,27,28,29,30,31). The topological polar surface area (TPSA) is 125 Å². The molecule has 0 spiro atoms. The van der Waals surface area contributed by atoms with Gasteiger partial charge < -0.3 is 10.1 Å². The summed E-state index contributed by atoms with van der Waals surface area (Å²) in [6, 6.07) is 10.3. The van der Waals surface area contributed by atoms with E-state index in [4.69, 9.17) is 21.3 Å². The summed E-state index contributed by atoms with van der Waals surface area (Å²) in [4.78, 5) is 11.1. The smallest absolute Gasteiger partial charge is 0.264 e. The molecular weight excluding hydrogens is 521 g/mol. The van der Waals surface area contributed by atoms with Gasteiger partial charge in [0, 0.05) is 37.4 Å². The fourth-order valence-electron chi connectivity index (χ4n) is 4.08. The summed E-state index contributed by atoms with van der Waals surface area (Å²) in [6.07, 6.45) is 0. The van der Waals surface area contributed by atoms with Gasteiger partial charge in [0.1, 0.15) is 10.7 Å². The Labute approximate surface area is 218 Å². The Kier molecular flexibility index (Phi) is 7.24. The molecule has 0 unspecified atom stereocenters. The molecule has 0 saturated carbocycles. The van der Waals surface area contributed by atoms with Gasteiger partial charge in [-0.15, -0.1) is 0 Å². The first kappa shape index (κ1) is 25.3. The predicted octanol–water partition coefficient (Wildman–Crippen LogP) is 3.67. The minimum absolute atomic E-state index is 0.255. The largest absolute Gasteiger partial charge is 0.379 e. The van der Waals surface area contributed by atoms with Crippen LogP contribution < -0.4 is 10.0 Å². The van der Waals surface area contributed by atoms with Gasteiger partial charge >= 0.3 is 0 Å². The maximum atomic E-state index is 14.3. The second-order valence-electron chi connectivity index (χ2n) is 8.54. The van der Waals surface area contributed by atoms with E-state index in [0.717, 1.165) is 50.0 Å². The van der Waals surface area contributed by atoms with Crippen LogP contribution in [0.4, 0.5) is 15.9 Å². The number of H-pyrrole nitrogens is 1. The molecule has 2 aromatic carbocycles. The van der Waals surface area contributed by atoms with Crippen molar-refractivity contribution < 1.29 is 17.5 Å². The van der Waals surface area contributed by atoms with Crippen molar-refractivity contribution in [1.82, 2.24) is 25.1 Å². The highest BCUT2D eigenvalue weighted by atomic mass is 35.5. The highest BCUT2D eigenvalue weighted by molar-refractivity contribution is 7.92. The Balaban J connectivity index is 1.36. The SMILES string of the molecule is Cc1n[nH]c2nc(-c3ccc(NS(=O)(=O)c4cccc(Cl)c4F)cc3)nc(NCCN3CCOCC3)c12. The number of halogens is 2. The fourth-order valence-corrected chi connectivity index (χ4v) is 5.47. The Morgan fingerprint density at radius 2 is 1.89 bits per heavy atom. The highest BCUT2D eigenvalue weighted by Gasteiger charge is 2.21. The Morgan fingerprint density at radius 1 is 1.14 bits per heavy atom. The molecule has 10 nitrogen and oxygen atoms in total. The molecule has 37 heavy (non-hydrogen) atoms. The van der Waals surface area contributed by atoms with E-state index in [1.54, 1.807) is 24.3 Å². The van der Waals surface area contributed by atoms with Crippen LogP contribution in [0.5, 0.6) is 0 Å². The zero-order chi connectivity index (χ0) is 26.0. The van der Waals surface area contributed by atoms with Crippen LogP contribution >= 0.6 is 11.6 Å². The van der Waals surface area contributed by atoms with E-state index in [-0.39, 0.29) is 10.7 Å². The van der Waals surface area contributed by atoms with Gasteiger partial charge in [-0.05, 0) is 43.3 Å². The van der Waals surface area contributed by atoms with Crippen LogP contribution in [-0.2, 0) is 14.8 Å². The lowest BCUT2D eigenvalue weighted by molar-refractivity contribution is 0.0398. The zero-order valence-electron chi connectivity index (χ0n) is 20.0. The number of nitrogens with one attached hydrogen (secondary N) is 3. The van der Waals surface area contributed by atoms with Crippen molar-refractivity contribution in [3.05, 3.63) is 59.0 Å². The minimum atomic E-state index is -4.17. The number of nitrogens with zero attached hydrogens (tertiary/aromatic N) is 4. The molecule has 3 N–H and O–H groups in total. The van der Waals surface area contributed by atoms with Crippen molar-refractivity contribution in [2.24, 2.45) is 0 Å². The summed E-state index contributed by atoms with van der Waals surface area (Å²) in [7, 11) is -4.17. The van der Waals surface area contributed by atoms with Gasteiger partial charge in [-0.2, -0.15) is 5.10 Å². The number of anilines is 2. The number of aryl methyl sites for hydroxylation is 1. The molecule has 1 aliphatic rings. The van der Waals surface area contributed by atoms with Crippen LogP contribution in [0.25, 0.3) is 22.4 Å². The number of hydrogen-bond acceptors (Lipinski definition) is 8. The highest BCUT2D eigenvalue weighted by Crippen LogP contribution is 2.28. The second kappa shape index (κ2) is 10.6. The summed E-state index contributed by atoms with van der Waals surface area (Å²) in [6.45, 7) is 6.71. The molecule has 0 atom stereocenters. The molecule has 1 fully saturated rings. The van der Waals surface area contributed by atoms with Gasteiger partial charge in [-0.3, -0.25) is 14.7 Å². The predicted molar refractivity (Wildman–Crippen MR) is 140 cm³/mol. The summed E-state index contributed by atoms with van der Waals surface area (Å²) in [5, 5.41) is 11.2. The van der Waals surface area contributed by atoms with E-state index >= 15 is 0 Å². The average Bonchev–Trinajstić information content (AvgIpc) is 3.27.